The second-order valence-electron chi connectivity index (χ2n) is 5.98. The maximum absolute atomic E-state index is 13.2. The van der Waals surface area contributed by atoms with E-state index in [0.717, 1.165) is 23.5 Å². The third-order valence-electron chi connectivity index (χ3n) is 3.19. The molecule has 0 aliphatic carbocycles. The molecule has 1 unspecified atom stereocenters. The number of aliphatic hydroxyl groups is 1. The lowest BCUT2D eigenvalue weighted by atomic mass is 9.79. The molecule has 1 fully saturated rings. The van der Waals surface area contributed by atoms with Crippen LogP contribution in [-0.2, 0) is 6.42 Å². The van der Waals surface area contributed by atoms with Crippen molar-refractivity contribution in [2.24, 2.45) is 5.41 Å². The molecule has 1 aromatic carbocycles. The second kappa shape index (κ2) is 5.14. The Bertz CT molecular complexity index is 449. The minimum absolute atomic E-state index is 0.162. The summed E-state index contributed by atoms with van der Waals surface area (Å²) in [5.74, 6) is 1.58. The molecule has 0 aromatic heterocycles. The summed E-state index contributed by atoms with van der Waals surface area (Å²) in [6.45, 7) is 4.37. The van der Waals surface area contributed by atoms with Gasteiger partial charge in [-0.2, -0.15) is 11.8 Å². The normalized spacial score (nSPS) is 27.2. The highest BCUT2D eigenvalue weighted by molar-refractivity contribution is 9.10. The Kier molecular flexibility index (Phi) is 4.10. The zero-order valence-electron chi connectivity index (χ0n) is 10.7. The van der Waals surface area contributed by atoms with Crippen molar-refractivity contribution in [2.75, 3.05) is 11.5 Å². The molecule has 0 amide bonds. The Labute approximate surface area is 120 Å². The molecule has 0 spiro atoms. The molecule has 18 heavy (non-hydrogen) atoms. The van der Waals surface area contributed by atoms with E-state index in [1.54, 1.807) is 23.9 Å². The summed E-state index contributed by atoms with van der Waals surface area (Å²) in [7, 11) is 0. The Balaban J connectivity index is 2.14. The van der Waals surface area contributed by atoms with Crippen LogP contribution in [0.5, 0.6) is 0 Å². The highest BCUT2D eigenvalue weighted by atomic mass is 79.9. The van der Waals surface area contributed by atoms with E-state index >= 15 is 0 Å². The van der Waals surface area contributed by atoms with Crippen molar-refractivity contribution < 1.29 is 9.50 Å². The summed E-state index contributed by atoms with van der Waals surface area (Å²) < 4.78 is 13.6. The fourth-order valence-electron chi connectivity index (χ4n) is 2.65. The van der Waals surface area contributed by atoms with Crippen LogP contribution in [0.15, 0.2) is 22.7 Å². The van der Waals surface area contributed by atoms with Crippen molar-refractivity contribution >= 4 is 27.7 Å². The molecule has 1 aromatic rings. The largest absolute Gasteiger partial charge is 0.389 e. The van der Waals surface area contributed by atoms with Crippen LogP contribution in [0, 0.1) is 11.2 Å². The van der Waals surface area contributed by atoms with Gasteiger partial charge in [-0.25, -0.2) is 4.39 Å². The topological polar surface area (TPSA) is 20.2 Å². The van der Waals surface area contributed by atoms with Crippen molar-refractivity contribution in [1.29, 1.82) is 0 Å². The lowest BCUT2D eigenvalue weighted by Crippen LogP contribution is -2.44. The lowest BCUT2D eigenvalue weighted by Gasteiger charge is -2.41. The zero-order valence-corrected chi connectivity index (χ0v) is 13.1. The van der Waals surface area contributed by atoms with Crippen molar-refractivity contribution in [3.63, 3.8) is 0 Å². The van der Waals surface area contributed by atoms with Crippen molar-refractivity contribution in [3.05, 3.63) is 34.1 Å². The molecule has 1 aliphatic heterocycles. The first kappa shape index (κ1) is 14.4. The quantitative estimate of drug-likeness (QED) is 0.882. The van der Waals surface area contributed by atoms with E-state index in [1.807, 2.05) is 0 Å². The summed E-state index contributed by atoms with van der Waals surface area (Å²) >= 11 is 4.99. The van der Waals surface area contributed by atoms with Gasteiger partial charge in [-0.15, -0.1) is 0 Å². The van der Waals surface area contributed by atoms with Crippen molar-refractivity contribution in [1.82, 2.24) is 0 Å². The first-order valence-electron chi connectivity index (χ1n) is 6.04. The van der Waals surface area contributed by atoms with E-state index in [2.05, 4.69) is 29.8 Å². The first-order valence-corrected chi connectivity index (χ1v) is 7.99. The molecule has 4 heteroatoms. The van der Waals surface area contributed by atoms with Gasteiger partial charge in [0.15, 0.2) is 0 Å². The van der Waals surface area contributed by atoms with Gasteiger partial charge in [0.25, 0.3) is 0 Å². The van der Waals surface area contributed by atoms with E-state index in [0.29, 0.717) is 10.9 Å². The van der Waals surface area contributed by atoms with Gasteiger partial charge in [0.05, 0.1) is 10.1 Å². The summed E-state index contributed by atoms with van der Waals surface area (Å²) in [6, 6.07) is 4.97. The van der Waals surface area contributed by atoms with Crippen molar-refractivity contribution in [2.45, 2.75) is 32.3 Å². The monoisotopic (exact) mass is 332 g/mol. The molecule has 0 radical (unpaired) electrons. The van der Waals surface area contributed by atoms with Gasteiger partial charge in [-0.1, -0.05) is 19.9 Å². The predicted octanol–water partition coefficient (Wildman–Crippen LogP) is 4.02. The average molecular weight is 333 g/mol. The van der Waals surface area contributed by atoms with E-state index < -0.39 is 5.60 Å². The van der Waals surface area contributed by atoms with Crippen LogP contribution in [-0.4, -0.2) is 22.2 Å². The van der Waals surface area contributed by atoms with E-state index in [-0.39, 0.29) is 11.2 Å². The summed E-state index contributed by atoms with van der Waals surface area (Å²) in [6.07, 6.45) is 1.38. The van der Waals surface area contributed by atoms with Crippen LogP contribution in [0.2, 0.25) is 0 Å². The fourth-order valence-corrected chi connectivity index (χ4v) is 4.42. The lowest BCUT2D eigenvalue weighted by molar-refractivity contribution is 0.0200. The molecule has 1 saturated heterocycles. The molecule has 1 atom stereocenters. The first-order chi connectivity index (χ1) is 8.30. The van der Waals surface area contributed by atoms with Gasteiger partial charge >= 0.3 is 0 Å². The van der Waals surface area contributed by atoms with Crippen LogP contribution in [0.3, 0.4) is 0 Å². The highest BCUT2D eigenvalue weighted by Gasteiger charge is 2.38. The van der Waals surface area contributed by atoms with Gasteiger partial charge in [-0.05, 0) is 51.2 Å². The molecule has 1 heterocycles. The molecular formula is C14H18BrFOS. The Morgan fingerprint density at radius 3 is 2.72 bits per heavy atom. The molecule has 1 nitrogen and oxygen atoms in total. The average Bonchev–Trinajstić information content (AvgIpc) is 2.21. The molecule has 0 bridgehead atoms. The Morgan fingerprint density at radius 2 is 2.11 bits per heavy atom. The number of halogens is 2. The highest BCUT2D eigenvalue weighted by Crippen LogP contribution is 2.40. The zero-order chi connectivity index (χ0) is 13.4. The molecular weight excluding hydrogens is 315 g/mol. The predicted molar refractivity (Wildman–Crippen MR) is 78.5 cm³/mol. The number of thioether (sulfide) groups is 1. The molecule has 1 N–H and O–H groups in total. The van der Waals surface area contributed by atoms with Gasteiger partial charge in [0.2, 0.25) is 0 Å². The SMILES string of the molecule is CC1(C)CSCC(O)(Cc2ccc(F)c(Br)c2)C1. The Hall–Kier alpha value is -0.0600. The van der Waals surface area contributed by atoms with Gasteiger partial charge in [0.1, 0.15) is 5.82 Å². The maximum Gasteiger partial charge on any atom is 0.137 e. The molecule has 1 aliphatic rings. The van der Waals surface area contributed by atoms with Gasteiger partial charge in [-0.3, -0.25) is 0 Å². The van der Waals surface area contributed by atoms with E-state index in [4.69, 9.17) is 0 Å². The summed E-state index contributed by atoms with van der Waals surface area (Å²) in [5.41, 5.74) is 0.461. The molecule has 2 rings (SSSR count). The van der Waals surface area contributed by atoms with E-state index in [1.165, 1.54) is 6.07 Å². The third-order valence-corrected chi connectivity index (χ3v) is 5.52. The van der Waals surface area contributed by atoms with Crippen LogP contribution in [0.25, 0.3) is 0 Å². The van der Waals surface area contributed by atoms with Crippen molar-refractivity contribution in [3.8, 4) is 0 Å². The molecule has 100 valence electrons. The fraction of sp³-hybridized carbons (Fsp3) is 0.571. The van der Waals surface area contributed by atoms with Gasteiger partial charge < -0.3 is 5.11 Å². The van der Waals surface area contributed by atoms with Gasteiger partial charge in [0, 0.05) is 12.2 Å². The minimum atomic E-state index is -0.677. The third kappa shape index (κ3) is 3.49. The number of hydrogen-bond acceptors (Lipinski definition) is 2. The minimum Gasteiger partial charge on any atom is -0.389 e. The smallest absolute Gasteiger partial charge is 0.137 e. The maximum atomic E-state index is 13.2. The Morgan fingerprint density at radius 1 is 1.39 bits per heavy atom. The van der Waals surface area contributed by atoms with Crippen LogP contribution in [0.4, 0.5) is 4.39 Å². The standard InChI is InChI=1S/C14H18BrFOS/c1-13(2)7-14(17,9-18-8-13)6-10-3-4-12(16)11(15)5-10/h3-5,17H,6-9H2,1-2H3. The van der Waals surface area contributed by atoms with Crippen LogP contribution < -0.4 is 0 Å². The number of hydrogen-bond donors (Lipinski definition) is 1. The second-order valence-corrected chi connectivity index (χ2v) is 7.82. The summed E-state index contributed by atoms with van der Waals surface area (Å²) in [4.78, 5) is 0. The summed E-state index contributed by atoms with van der Waals surface area (Å²) in [5, 5.41) is 10.7. The van der Waals surface area contributed by atoms with E-state index in [9.17, 15) is 9.50 Å². The number of rotatable bonds is 2. The van der Waals surface area contributed by atoms with Crippen LogP contribution in [0.1, 0.15) is 25.8 Å². The van der Waals surface area contributed by atoms with Crippen LogP contribution >= 0.6 is 27.7 Å². The number of benzene rings is 1. The molecule has 0 saturated carbocycles.